The van der Waals surface area contributed by atoms with E-state index in [1.165, 1.54) is 5.39 Å². The Bertz CT molecular complexity index is 735. The Hall–Kier alpha value is -1.53. The fourth-order valence-electron chi connectivity index (χ4n) is 2.89. The normalized spacial score (nSPS) is 18.8. The third-order valence-corrected chi connectivity index (χ3v) is 4.64. The van der Waals surface area contributed by atoms with Crippen molar-refractivity contribution in [2.75, 3.05) is 19.7 Å². The minimum atomic E-state index is -0.478. The lowest BCUT2D eigenvalue weighted by Gasteiger charge is -2.34. The SMILES string of the molecule is CC(C)(C)OC(=O)N1CCO[C@@H](Cn2ccc3c(Br)cccc32)C1. The van der Waals surface area contributed by atoms with E-state index in [9.17, 15) is 4.79 Å². The van der Waals surface area contributed by atoms with Crippen LogP contribution in [0, 0.1) is 0 Å². The van der Waals surface area contributed by atoms with Crippen LogP contribution in [0.25, 0.3) is 10.9 Å². The maximum absolute atomic E-state index is 12.3. The number of halogens is 1. The first kappa shape index (κ1) is 17.3. The zero-order valence-corrected chi connectivity index (χ0v) is 15.9. The van der Waals surface area contributed by atoms with E-state index >= 15 is 0 Å². The topological polar surface area (TPSA) is 43.7 Å². The highest BCUT2D eigenvalue weighted by atomic mass is 79.9. The number of benzene rings is 1. The molecule has 0 spiro atoms. The average Bonchev–Trinajstić information content (AvgIpc) is 2.90. The summed E-state index contributed by atoms with van der Waals surface area (Å²) in [6, 6.07) is 8.24. The van der Waals surface area contributed by atoms with Crippen molar-refractivity contribution in [1.29, 1.82) is 0 Å². The van der Waals surface area contributed by atoms with Crippen molar-refractivity contribution in [2.45, 2.75) is 39.0 Å². The maximum atomic E-state index is 12.3. The van der Waals surface area contributed by atoms with Gasteiger partial charge in [-0.2, -0.15) is 0 Å². The van der Waals surface area contributed by atoms with Crippen LogP contribution in [0.5, 0.6) is 0 Å². The van der Waals surface area contributed by atoms with Gasteiger partial charge in [0.15, 0.2) is 0 Å². The van der Waals surface area contributed by atoms with Crippen LogP contribution in [-0.2, 0) is 16.0 Å². The Morgan fingerprint density at radius 1 is 1.38 bits per heavy atom. The van der Waals surface area contributed by atoms with Gasteiger partial charge in [-0.15, -0.1) is 0 Å². The van der Waals surface area contributed by atoms with Gasteiger partial charge in [0.1, 0.15) is 5.60 Å². The fraction of sp³-hybridized carbons (Fsp3) is 0.500. The van der Waals surface area contributed by atoms with E-state index in [0.29, 0.717) is 26.2 Å². The number of aromatic nitrogens is 1. The van der Waals surface area contributed by atoms with Gasteiger partial charge in [-0.3, -0.25) is 0 Å². The zero-order valence-electron chi connectivity index (χ0n) is 14.3. The number of hydrogen-bond donors (Lipinski definition) is 0. The molecule has 6 heteroatoms. The third-order valence-electron chi connectivity index (χ3n) is 3.95. The van der Waals surface area contributed by atoms with Crippen molar-refractivity contribution in [3.63, 3.8) is 0 Å². The average molecular weight is 395 g/mol. The molecule has 0 bridgehead atoms. The van der Waals surface area contributed by atoms with Gasteiger partial charge in [0, 0.05) is 28.1 Å². The number of morpholine rings is 1. The Labute approximate surface area is 150 Å². The highest BCUT2D eigenvalue weighted by Crippen LogP contribution is 2.25. The van der Waals surface area contributed by atoms with Gasteiger partial charge in [-0.05, 0) is 39.0 Å². The Morgan fingerprint density at radius 3 is 2.92 bits per heavy atom. The van der Waals surface area contributed by atoms with Crippen molar-refractivity contribution in [3.8, 4) is 0 Å². The third kappa shape index (κ3) is 3.92. The second kappa shape index (κ2) is 6.76. The van der Waals surface area contributed by atoms with E-state index in [1.54, 1.807) is 4.90 Å². The van der Waals surface area contributed by atoms with E-state index in [-0.39, 0.29) is 12.2 Å². The van der Waals surface area contributed by atoms with Gasteiger partial charge in [0.2, 0.25) is 0 Å². The van der Waals surface area contributed by atoms with Gasteiger partial charge >= 0.3 is 6.09 Å². The predicted octanol–water partition coefficient (Wildman–Crippen LogP) is 4.04. The maximum Gasteiger partial charge on any atom is 0.410 e. The minimum absolute atomic E-state index is 0.0409. The van der Waals surface area contributed by atoms with Crippen molar-refractivity contribution >= 4 is 32.9 Å². The van der Waals surface area contributed by atoms with Gasteiger partial charge in [-0.1, -0.05) is 22.0 Å². The second-order valence-electron chi connectivity index (χ2n) is 7.06. The number of fused-ring (bicyclic) bond motifs is 1. The summed E-state index contributed by atoms with van der Waals surface area (Å²) in [4.78, 5) is 14.0. The predicted molar refractivity (Wildman–Crippen MR) is 97.2 cm³/mol. The molecule has 1 aliphatic heterocycles. The molecule has 1 aromatic heterocycles. The largest absolute Gasteiger partial charge is 0.444 e. The van der Waals surface area contributed by atoms with Gasteiger partial charge < -0.3 is 18.9 Å². The van der Waals surface area contributed by atoms with Crippen LogP contribution in [0.4, 0.5) is 4.79 Å². The lowest BCUT2D eigenvalue weighted by Crippen LogP contribution is -2.48. The Morgan fingerprint density at radius 2 is 2.17 bits per heavy atom. The molecule has 0 saturated carbocycles. The molecule has 1 saturated heterocycles. The van der Waals surface area contributed by atoms with E-state index < -0.39 is 5.60 Å². The van der Waals surface area contributed by atoms with Crippen LogP contribution < -0.4 is 0 Å². The molecule has 24 heavy (non-hydrogen) atoms. The highest BCUT2D eigenvalue weighted by molar-refractivity contribution is 9.10. The van der Waals surface area contributed by atoms with E-state index in [1.807, 2.05) is 32.9 Å². The molecule has 3 rings (SSSR count). The fourth-order valence-corrected chi connectivity index (χ4v) is 3.37. The molecule has 130 valence electrons. The quantitative estimate of drug-likeness (QED) is 0.771. The molecule has 0 N–H and O–H groups in total. The first-order valence-electron chi connectivity index (χ1n) is 8.16. The molecule has 2 aromatic rings. The standard InChI is InChI=1S/C18H23BrN2O3/c1-18(2,3)24-17(22)21-9-10-23-13(12-21)11-20-8-7-14-15(19)5-4-6-16(14)20/h4-8,13H,9-12H2,1-3H3/t13-/m0/s1. The lowest BCUT2D eigenvalue weighted by molar-refractivity contribution is -0.0469. The number of hydrogen-bond acceptors (Lipinski definition) is 3. The second-order valence-corrected chi connectivity index (χ2v) is 7.91. The van der Waals surface area contributed by atoms with Crippen molar-refractivity contribution in [3.05, 3.63) is 34.9 Å². The molecule has 1 aromatic carbocycles. The number of amides is 1. The van der Waals surface area contributed by atoms with Crippen LogP contribution in [-0.4, -0.2) is 47.0 Å². The van der Waals surface area contributed by atoms with E-state index in [0.717, 1.165) is 9.99 Å². The van der Waals surface area contributed by atoms with Gasteiger partial charge in [-0.25, -0.2) is 4.79 Å². The Balaban J connectivity index is 1.69. The number of carbonyl (C=O) groups is 1. The van der Waals surface area contributed by atoms with E-state index in [2.05, 4.69) is 38.8 Å². The molecule has 5 nitrogen and oxygen atoms in total. The summed E-state index contributed by atoms with van der Waals surface area (Å²) in [7, 11) is 0. The highest BCUT2D eigenvalue weighted by Gasteiger charge is 2.28. The summed E-state index contributed by atoms with van der Waals surface area (Å²) in [5.74, 6) is 0. The number of rotatable bonds is 2. The first-order valence-corrected chi connectivity index (χ1v) is 8.96. The van der Waals surface area contributed by atoms with Crippen LogP contribution >= 0.6 is 15.9 Å². The van der Waals surface area contributed by atoms with Crippen molar-refractivity contribution in [1.82, 2.24) is 9.47 Å². The summed E-state index contributed by atoms with van der Waals surface area (Å²) < 4.78 is 14.6. The minimum Gasteiger partial charge on any atom is -0.444 e. The van der Waals surface area contributed by atoms with Crippen LogP contribution in [0.15, 0.2) is 34.9 Å². The molecular weight excluding hydrogens is 372 g/mol. The van der Waals surface area contributed by atoms with Crippen LogP contribution in [0.2, 0.25) is 0 Å². The number of ether oxygens (including phenoxy) is 2. The first-order chi connectivity index (χ1) is 11.3. The molecule has 0 aliphatic carbocycles. The summed E-state index contributed by atoms with van der Waals surface area (Å²) in [5, 5.41) is 1.18. The van der Waals surface area contributed by atoms with Crippen molar-refractivity contribution in [2.24, 2.45) is 0 Å². The molecule has 1 fully saturated rings. The van der Waals surface area contributed by atoms with Crippen molar-refractivity contribution < 1.29 is 14.3 Å². The summed E-state index contributed by atoms with van der Waals surface area (Å²) in [5.41, 5.74) is 0.677. The molecule has 1 amide bonds. The van der Waals surface area contributed by atoms with E-state index in [4.69, 9.17) is 9.47 Å². The van der Waals surface area contributed by atoms with Gasteiger partial charge in [0.25, 0.3) is 0 Å². The lowest BCUT2D eigenvalue weighted by atomic mass is 10.2. The summed E-state index contributed by atoms with van der Waals surface area (Å²) >= 11 is 3.58. The van der Waals surface area contributed by atoms with Gasteiger partial charge in [0.05, 0.1) is 25.8 Å². The Kier molecular flexibility index (Phi) is 4.88. The zero-order chi connectivity index (χ0) is 17.3. The molecule has 1 aliphatic rings. The molecule has 1 atom stereocenters. The molecule has 2 heterocycles. The number of nitrogens with zero attached hydrogens (tertiary/aromatic N) is 2. The monoisotopic (exact) mass is 394 g/mol. The smallest absolute Gasteiger partial charge is 0.410 e. The van der Waals surface area contributed by atoms with Crippen LogP contribution in [0.1, 0.15) is 20.8 Å². The van der Waals surface area contributed by atoms with Crippen LogP contribution in [0.3, 0.4) is 0 Å². The molecule has 0 radical (unpaired) electrons. The number of carbonyl (C=O) groups excluding carboxylic acids is 1. The summed E-state index contributed by atoms with van der Waals surface area (Å²) in [6.45, 7) is 8.00. The molecular formula is C18H23BrN2O3. The summed E-state index contributed by atoms with van der Waals surface area (Å²) in [6.07, 6.45) is 1.75. The molecule has 0 unspecified atom stereocenters.